The van der Waals surface area contributed by atoms with Crippen molar-refractivity contribution in [3.8, 4) is 0 Å². The molecule has 0 saturated heterocycles. The van der Waals surface area contributed by atoms with Crippen LogP contribution in [0, 0.1) is 0 Å². The molecule has 2 N–H and O–H groups in total. The van der Waals surface area contributed by atoms with Gasteiger partial charge in [0.1, 0.15) is 0 Å². The van der Waals surface area contributed by atoms with Gasteiger partial charge in [0, 0.05) is 21.1 Å². The van der Waals surface area contributed by atoms with Gasteiger partial charge in [0.2, 0.25) is 0 Å². The second-order valence-corrected chi connectivity index (χ2v) is 0.506. The Labute approximate surface area is 62.7 Å². The molecule has 0 atom stereocenters. The van der Waals surface area contributed by atoms with E-state index in [1.54, 1.807) is 0 Å². The molecule has 0 aliphatic heterocycles. The predicted molar refractivity (Wildman–Crippen MR) is 18.3 cm³/mol. The van der Waals surface area contributed by atoms with Crippen LogP contribution in [0.25, 0.3) is 0 Å². The summed E-state index contributed by atoms with van der Waals surface area (Å²) in [6.45, 7) is 0. The summed E-state index contributed by atoms with van der Waals surface area (Å²) < 4.78 is 19.8. The molecule has 0 rings (SSSR count). The first-order valence-corrected chi connectivity index (χ1v) is 1.23. The van der Waals surface area contributed by atoms with Gasteiger partial charge < -0.3 is 10.2 Å². The van der Waals surface area contributed by atoms with Crippen molar-refractivity contribution in [3.05, 3.63) is 0 Å². The Kier molecular flexibility index (Phi) is 18.4. The minimum atomic E-state index is -2.33. The standard InChI is InChI=1S/2CHFO2.Mo/c2*2-1(3)4;/h2*(H,3,4);. The molecule has 0 fully saturated rings. The molecule has 7 heteroatoms. The maximum atomic E-state index is 9.92. The molecular formula is C2H2F2MoO4. The zero-order chi connectivity index (χ0) is 7.15. The van der Waals surface area contributed by atoms with E-state index in [4.69, 9.17) is 19.8 Å². The van der Waals surface area contributed by atoms with Gasteiger partial charge in [-0.2, -0.15) is 0 Å². The maximum Gasteiger partial charge on any atom is 0.492 e. The first kappa shape index (κ1) is 15.8. The van der Waals surface area contributed by atoms with Gasteiger partial charge in [-0.15, -0.1) is 8.78 Å². The molecule has 0 radical (unpaired) electrons. The number of hydrogen-bond acceptors (Lipinski definition) is 2. The van der Waals surface area contributed by atoms with E-state index >= 15 is 0 Å². The van der Waals surface area contributed by atoms with Gasteiger partial charge in [-0.3, -0.25) is 0 Å². The van der Waals surface area contributed by atoms with Crippen molar-refractivity contribution in [2.75, 3.05) is 0 Å². The Balaban J connectivity index is -0.0000000720. The van der Waals surface area contributed by atoms with Crippen LogP contribution in [0.3, 0.4) is 0 Å². The molecule has 0 spiro atoms. The molecule has 9 heavy (non-hydrogen) atoms. The third-order valence-corrected chi connectivity index (χ3v) is 0. The van der Waals surface area contributed by atoms with Gasteiger partial charge in [-0.1, -0.05) is 0 Å². The van der Waals surface area contributed by atoms with E-state index in [1.165, 1.54) is 0 Å². The predicted octanol–water partition coefficient (Wildman–Crippen LogP) is 1.27. The monoisotopic (exact) mass is 226 g/mol. The second-order valence-electron chi connectivity index (χ2n) is 0.506. The number of rotatable bonds is 0. The van der Waals surface area contributed by atoms with Gasteiger partial charge >= 0.3 is 12.4 Å². The van der Waals surface area contributed by atoms with E-state index in [1.807, 2.05) is 0 Å². The van der Waals surface area contributed by atoms with Crippen LogP contribution in [0.2, 0.25) is 0 Å². The van der Waals surface area contributed by atoms with Gasteiger partial charge in [0.25, 0.3) is 0 Å². The fraction of sp³-hybridized carbons (Fsp3) is 0. The average Bonchev–Trinajstić information content (AvgIpc) is 1.25. The van der Waals surface area contributed by atoms with Crippen molar-refractivity contribution in [1.29, 1.82) is 0 Å². The molecule has 0 aromatic rings. The quantitative estimate of drug-likeness (QED) is 0.479. The zero-order valence-electron chi connectivity index (χ0n) is 3.88. The van der Waals surface area contributed by atoms with Gasteiger partial charge in [-0.05, 0) is 0 Å². The second kappa shape index (κ2) is 10.5. The Morgan fingerprint density at radius 3 is 1.00 bits per heavy atom. The molecule has 0 aliphatic rings. The van der Waals surface area contributed by atoms with Crippen LogP contribution < -0.4 is 0 Å². The Morgan fingerprint density at radius 1 is 1.00 bits per heavy atom. The van der Waals surface area contributed by atoms with E-state index in [0.29, 0.717) is 0 Å². The van der Waals surface area contributed by atoms with Crippen molar-refractivity contribution >= 4 is 12.4 Å². The third kappa shape index (κ3) is 861. The average molecular weight is 224 g/mol. The fourth-order valence-corrected chi connectivity index (χ4v) is 0. The van der Waals surface area contributed by atoms with E-state index < -0.39 is 12.4 Å². The van der Waals surface area contributed by atoms with Crippen LogP contribution in [0.1, 0.15) is 0 Å². The van der Waals surface area contributed by atoms with Crippen molar-refractivity contribution < 1.29 is 49.6 Å². The van der Waals surface area contributed by atoms with Gasteiger partial charge in [-0.25, -0.2) is 9.59 Å². The summed E-state index contributed by atoms with van der Waals surface area (Å²) in [6.07, 6.45) is -4.67. The molecular weight excluding hydrogens is 222 g/mol. The Morgan fingerprint density at radius 2 is 1.00 bits per heavy atom. The number of hydrogen-bond donors (Lipinski definition) is 2. The summed E-state index contributed by atoms with van der Waals surface area (Å²) in [7, 11) is 0. The summed E-state index contributed by atoms with van der Waals surface area (Å²) in [5.41, 5.74) is 0. The minimum absolute atomic E-state index is 0. The normalized spacial score (nSPS) is 5.56. The van der Waals surface area contributed by atoms with Crippen LogP contribution in [0.5, 0.6) is 0 Å². The molecule has 0 aromatic heterocycles. The smallest absolute Gasteiger partial charge is 0.456 e. The summed E-state index contributed by atoms with van der Waals surface area (Å²) in [5.74, 6) is 0. The van der Waals surface area contributed by atoms with Crippen molar-refractivity contribution in [1.82, 2.24) is 0 Å². The molecule has 0 unspecified atom stereocenters. The zero-order valence-corrected chi connectivity index (χ0v) is 5.88. The first-order chi connectivity index (χ1) is 3.46. The van der Waals surface area contributed by atoms with Crippen LogP contribution >= 0.6 is 0 Å². The molecule has 0 amide bonds. The Hall–Kier alpha value is -0.512. The van der Waals surface area contributed by atoms with Crippen LogP contribution in [-0.4, -0.2) is 22.7 Å². The molecule has 0 aliphatic carbocycles. The van der Waals surface area contributed by atoms with Crippen LogP contribution in [-0.2, 0) is 21.1 Å². The van der Waals surface area contributed by atoms with Crippen LogP contribution in [0.4, 0.5) is 18.4 Å². The SMILES string of the molecule is O=C(O)F.O=C(O)F.[Mo]. The molecule has 0 bridgehead atoms. The third-order valence-electron chi connectivity index (χ3n) is 0. The summed E-state index contributed by atoms with van der Waals surface area (Å²) in [6, 6.07) is 0. The largest absolute Gasteiger partial charge is 0.492 e. The fourth-order valence-electron chi connectivity index (χ4n) is 0. The van der Waals surface area contributed by atoms with E-state index in [9.17, 15) is 8.78 Å². The van der Waals surface area contributed by atoms with Gasteiger partial charge in [0.05, 0.1) is 0 Å². The summed E-state index contributed by atoms with van der Waals surface area (Å²) in [4.78, 5) is 16.7. The topological polar surface area (TPSA) is 74.6 Å². The summed E-state index contributed by atoms with van der Waals surface area (Å²) >= 11 is 0. The first-order valence-electron chi connectivity index (χ1n) is 1.23. The number of carbonyl (C=O) groups is 2. The van der Waals surface area contributed by atoms with E-state index in [2.05, 4.69) is 0 Å². The van der Waals surface area contributed by atoms with Crippen molar-refractivity contribution in [2.24, 2.45) is 0 Å². The molecule has 0 aromatic carbocycles. The number of halogens is 2. The van der Waals surface area contributed by atoms with E-state index in [0.717, 1.165) is 0 Å². The molecule has 4 nitrogen and oxygen atoms in total. The molecule has 0 saturated carbocycles. The van der Waals surface area contributed by atoms with Crippen LogP contribution in [0.15, 0.2) is 0 Å². The number of carboxylic acid groups (broad SMARTS) is 2. The van der Waals surface area contributed by atoms with Gasteiger partial charge in [0.15, 0.2) is 0 Å². The summed E-state index contributed by atoms with van der Waals surface area (Å²) in [5, 5.41) is 13.5. The van der Waals surface area contributed by atoms with E-state index in [-0.39, 0.29) is 21.1 Å². The maximum absolute atomic E-state index is 9.92. The molecule has 0 heterocycles. The Bertz CT molecular complexity index is 74.6. The van der Waals surface area contributed by atoms with Crippen molar-refractivity contribution in [3.63, 3.8) is 0 Å². The minimum Gasteiger partial charge on any atom is -0.456 e. The molecule has 54 valence electrons. The van der Waals surface area contributed by atoms with Crippen molar-refractivity contribution in [2.45, 2.75) is 0 Å².